The van der Waals surface area contributed by atoms with Gasteiger partial charge in [-0.1, -0.05) is 23.7 Å². The Balaban J connectivity index is 2.23. The van der Waals surface area contributed by atoms with Crippen LogP contribution >= 0.6 is 11.6 Å². The lowest BCUT2D eigenvalue weighted by molar-refractivity contribution is 0.627. The minimum absolute atomic E-state index is 0.104. The van der Waals surface area contributed by atoms with E-state index in [0.29, 0.717) is 12.1 Å². The van der Waals surface area contributed by atoms with Gasteiger partial charge in [0.2, 0.25) is 0 Å². The van der Waals surface area contributed by atoms with E-state index in [4.69, 9.17) is 11.6 Å². The largest absolute Gasteiger partial charge is 0.282 e. The summed E-state index contributed by atoms with van der Waals surface area (Å²) in [5.74, 6) is -0.281. The lowest BCUT2D eigenvalue weighted by Crippen LogP contribution is -2.10. The standard InChI is InChI=1S/C11H8ClFN2O/c12-10-6-9(14-15-11(10)16)5-7-1-3-8(13)4-2-7/h1-4,6H,5H2,(H,15,16). The van der Waals surface area contributed by atoms with Gasteiger partial charge in [0.1, 0.15) is 10.8 Å². The van der Waals surface area contributed by atoms with Crippen molar-refractivity contribution in [1.29, 1.82) is 0 Å². The molecule has 2 rings (SSSR count). The van der Waals surface area contributed by atoms with E-state index in [2.05, 4.69) is 10.2 Å². The number of benzene rings is 1. The van der Waals surface area contributed by atoms with Gasteiger partial charge in [-0.25, -0.2) is 9.49 Å². The predicted octanol–water partition coefficient (Wildman–Crippen LogP) is 2.15. The van der Waals surface area contributed by atoms with Crippen LogP contribution in [-0.2, 0) is 6.42 Å². The number of hydrogen-bond acceptors (Lipinski definition) is 2. The number of nitrogens with zero attached hydrogens (tertiary/aromatic N) is 1. The van der Waals surface area contributed by atoms with Crippen LogP contribution in [0, 0.1) is 5.82 Å². The van der Waals surface area contributed by atoms with Crippen LogP contribution in [0.4, 0.5) is 4.39 Å². The van der Waals surface area contributed by atoms with Crippen LogP contribution in [0.1, 0.15) is 11.3 Å². The highest BCUT2D eigenvalue weighted by Gasteiger charge is 2.02. The highest BCUT2D eigenvalue weighted by molar-refractivity contribution is 6.30. The normalized spacial score (nSPS) is 10.4. The molecule has 2 aromatic rings. The molecule has 82 valence electrons. The topological polar surface area (TPSA) is 45.8 Å². The third-order valence-electron chi connectivity index (χ3n) is 2.11. The summed E-state index contributed by atoms with van der Waals surface area (Å²) in [7, 11) is 0. The van der Waals surface area contributed by atoms with Gasteiger partial charge in [-0.15, -0.1) is 0 Å². The van der Waals surface area contributed by atoms with Gasteiger partial charge in [0, 0.05) is 6.42 Å². The summed E-state index contributed by atoms with van der Waals surface area (Å²) in [6.45, 7) is 0. The number of halogens is 2. The first kappa shape index (κ1) is 10.8. The fourth-order valence-corrected chi connectivity index (χ4v) is 1.49. The maximum Gasteiger partial charge on any atom is 0.282 e. The first-order valence-corrected chi connectivity index (χ1v) is 5.01. The molecule has 0 unspecified atom stereocenters. The molecule has 3 nitrogen and oxygen atoms in total. The van der Waals surface area contributed by atoms with Crippen LogP contribution < -0.4 is 5.56 Å². The molecule has 1 heterocycles. The molecule has 5 heteroatoms. The number of rotatable bonds is 2. The van der Waals surface area contributed by atoms with Crippen LogP contribution in [-0.4, -0.2) is 10.2 Å². The minimum Gasteiger partial charge on any atom is -0.266 e. The Bertz CT molecular complexity index is 551. The van der Waals surface area contributed by atoms with Crippen molar-refractivity contribution in [2.45, 2.75) is 6.42 Å². The molecule has 1 aromatic carbocycles. The number of H-pyrrole nitrogens is 1. The molecular formula is C11H8ClFN2O. The molecule has 0 aliphatic rings. The second kappa shape index (κ2) is 4.45. The fourth-order valence-electron chi connectivity index (χ4n) is 1.32. The van der Waals surface area contributed by atoms with E-state index in [1.54, 1.807) is 12.1 Å². The fraction of sp³-hybridized carbons (Fsp3) is 0.0909. The van der Waals surface area contributed by atoms with E-state index in [0.717, 1.165) is 5.56 Å². The number of aromatic nitrogens is 2. The van der Waals surface area contributed by atoms with Gasteiger partial charge in [-0.05, 0) is 23.8 Å². The smallest absolute Gasteiger partial charge is 0.266 e. The van der Waals surface area contributed by atoms with Gasteiger partial charge in [-0.2, -0.15) is 5.10 Å². The van der Waals surface area contributed by atoms with Crippen molar-refractivity contribution in [3.05, 3.63) is 62.8 Å². The summed E-state index contributed by atoms with van der Waals surface area (Å²) in [4.78, 5) is 11.0. The summed E-state index contributed by atoms with van der Waals surface area (Å²) in [6, 6.07) is 7.58. The zero-order chi connectivity index (χ0) is 11.5. The first-order chi connectivity index (χ1) is 7.65. The maximum atomic E-state index is 12.7. The Hall–Kier alpha value is -1.68. The molecule has 0 spiro atoms. The van der Waals surface area contributed by atoms with Gasteiger partial charge in [0.05, 0.1) is 5.69 Å². The lowest BCUT2D eigenvalue weighted by atomic mass is 10.1. The molecule has 16 heavy (non-hydrogen) atoms. The molecular weight excluding hydrogens is 231 g/mol. The van der Waals surface area contributed by atoms with Crippen molar-refractivity contribution in [2.24, 2.45) is 0 Å². The number of nitrogens with one attached hydrogen (secondary N) is 1. The van der Waals surface area contributed by atoms with E-state index in [1.165, 1.54) is 18.2 Å². The average molecular weight is 239 g/mol. The van der Waals surface area contributed by atoms with Crippen LogP contribution in [0.3, 0.4) is 0 Å². The monoisotopic (exact) mass is 238 g/mol. The highest BCUT2D eigenvalue weighted by Crippen LogP contribution is 2.09. The number of hydrogen-bond donors (Lipinski definition) is 1. The molecule has 0 amide bonds. The Morgan fingerprint density at radius 1 is 1.31 bits per heavy atom. The average Bonchev–Trinajstić information content (AvgIpc) is 2.27. The van der Waals surface area contributed by atoms with Crippen molar-refractivity contribution in [2.75, 3.05) is 0 Å². The van der Waals surface area contributed by atoms with Gasteiger partial charge in [0.15, 0.2) is 0 Å². The SMILES string of the molecule is O=c1[nH]nc(Cc2ccc(F)cc2)cc1Cl. The van der Waals surface area contributed by atoms with E-state index >= 15 is 0 Å². The summed E-state index contributed by atoms with van der Waals surface area (Å²) in [6.07, 6.45) is 0.497. The third-order valence-corrected chi connectivity index (χ3v) is 2.39. The summed E-state index contributed by atoms with van der Waals surface area (Å²) < 4.78 is 12.7. The molecule has 0 radical (unpaired) electrons. The summed E-state index contributed by atoms with van der Waals surface area (Å²) in [5.41, 5.74) is 1.12. The molecule has 0 atom stereocenters. The zero-order valence-electron chi connectivity index (χ0n) is 8.21. The van der Waals surface area contributed by atoms with Crippen LogP contribution in [0.25, 0.3) is 0 Å². The highest BCUT2D eigenvalue weighted by atomic mass is 35.5. The first-order valence-electron chi connectivity index (χ1n) is 4.64. The second-order valence-electron chi connectivity index (χ2n) is 3.34. The summed E-state index contributed by atoms with van der Waals surface area (Å²) >= 11 is 5.66. The molecule has 0 fully saturated rings. The summed E-state index contributed by atoms with van der Waals surface area (Å²) in [5, 5.41) is 6.23. The Kier molecular flexibility index (Phi) is 3.01. The quantitative estimate of drug-likeness (QED) is 0.872. The molecule has 1 aromatic heterocycles. The second-order valence-corrected chi connectivity index (χ2v) is 3.75. The Morgan fingerprint density at radius 2 is 2.00 bits per heavy atom. The van der Waals surface area contributed by atoms with Gasteiger partial charge in [-0.3, -0.25) is 4.79 Å². The van der Waals surface area contributed by atoms with Gasteiger partial charge < -0.3 is 0 Å². The van der Waals surface area contributed by atoms with Gasteiger partial charge in [0.25, 0.3) is 5.56 Å². The molecule has 0 aliphatic heterocycles. The molecule has 0 bridgehead atoms. The molecule has 1 N–H and O–H groups in total. The third kappa shape index (κ3) is 2.46. The Morgan fingerprint density at radius 3 is 2.62 bits per heavy atom. The predicted molar refractivity (Wildman–Crippen MR) is 59.1 cm³/mol. The maximum absolute atomic E-state index is 12.7. The van der Waals surface area contributed by atoms with Gasteiger partial charge >= 0.3 is 0 Å². The van der Waals surface area contributed by atoms with Crippen molar-refractivity contribution in [3.63, 3.8) is 0 Å². The van der Waals surface area contributed by atoms with Crippen molar-refractivity contribution < 1.29 is 4.39 Å². The van der Waals surface area contributed by atoms with Crippen LogP contribution in [0.2, 0.25) is 5.02 Å². The molecule has 0 aliphatic carbocycles. The van der Waals surface area contributed by atoms with Crippen molar-refractivity contribution >= 4 is 11.6 Å². The minimum atomic E-state index is -0.412. The van der Waals surface area contributed by atoms with E-state index < -0.39 is 5.56 Å². The Labute approximate surface area is 95.9 Å². The van der Waals surface area contributed by atoms with Crippen LogP contribution in [0.5, 0.6) is 0 Å². The van der Waals surface area contributed by atoms with Crippen molar-refractivity contribution in [1.82, 2.24) is 10.2 Å². The van der Waals surface area contributed by atoms with E-state index in [9.17, 15) is 9.18 Å². The molecule has 0 saturated heterocycles. The number of aromatic amines is 1. The van der Waals surface area contributed by atoms with E-state index in [1.807, 2.05) is 0 Å². The van der Waals surface area contributed by atoms with Crippen LogP contribution in [0.15, 0.2) is 35.1 Å². The zero-order valence-corrected chi connectivity index (χ0v) is 8.96. The van der Waals surface area contributed by atoms with Crippen molar-refractivity contribution in [3.8, 4) is 0 Å². The van der Waals surface area contributed by atoms with E-state index in [-0.39, 0.29) is 10.8 Å². The lowest BCUT2D eigenvalue weighted by Gasteiger charge is -2.00. The molecule has 0 saturated carbocycles.